The summed E-state index contributed by atoms with van der Waals surface area (Å²) in [6.07, 6.45) is 5.76. The van der Waals surface area contributed by atoms with Crippen LogP contribution in [0.2, 0.25) is 5.02 Å². The number of benzene rings is 2. The van der Waals surface area contributed by atoms with E-state index in [0.29, 0.717) is 16.2 Å². The lowest BCUT2D eigenvalue weighted by molar-refractivity contribution is -0.121. The monoisotopic (exact) mass is 491 g/mol. The molecule has 2 aromatic heterocycles. The molecule has 0 spiro atoms. The third-order valence-corrected chi connectivity index (χ3v) is 6.76. The first kappa shape index (κ1) is 23.1. The second kappa shape index (κ2) is 9.92. The van der Waals surface area contributed by atoms with E-state index in [1.165, 1.54) is 4.57 Å². The third-order valence-electron chi connectivity index (χ3n) is 6.52. The van der Waals surface area contributed by atoms with Gasteiger partial charge < -0.3 is 9.88 Å². The molecule has 2 aromatic carbocycles. The fourth-order valence-electron chi connectivity index (χ4n) is 4.76. The number of halogens is 1. The van der Waals surface area contributed by atoms with Crippen molar-refractivity contribution in [1.29, 1.82) is 0 Å². The largest absolute Gasteiger partial charge is 0.350 e. The van der Waals surface area contributed by atoms with Crippen LogP contribution in [-0.2, 0) is 24.4 Å². The van der Waals surface area contributed by atoms with Gasteiger partial charge in [0.1, 0.15) is 6.54 Å². The molecule has 1 aliphatic rings. The van der Waals surface area contributed by atoms with E-state index < -0.39 is 17.2 Å². The van der Waals surface area contributed by atoms with Gasteiger partial charge in [0.2, 0.25) is 5.91 Å². The van der Waals surface area contributed by atoms with Gasteiger partial charge in [-0.15, -0.1) is 0 Å². The van der Waals surface area contributed by atoms with E-state index in [9.17, 15) is 14.4 Å². The van der Waals surface area contributed by atoms with Crippen LogP contribution in [0.5, 0.6) is 0 Å². The van der Waals surface area contributed by atoms with Crippen LogP contribution >= 0.6 is 11.6 Å². The summed E-state index contributed by atoms with van der Waals surface area (Å²) < 4.78 is 4.40. The molecule has 4 aromatic rings. The van der Waals surface area contributed by atoms with Gasteiger partial charge in [-0.05, 0) is 36.1 Å². The minimum absolute atomic E-state index is 0.167. The number of fused-ring (bicyclic) bond motifs is 1. The van der Waals surface area contributed by atoms with Gasteiger partial charge in [-0.2, -0.15) is 0 Å². The zero-order chi connectivity index (χ0) is 24.4. The molecule has 1 fully saturated rings. The Labute approximate surface area is 206 Å². The molecule has 2 heterocycles. The van der Waals surface area contributed by atoms with E-state index in [4.69, 9.17) is 11.6 Å². The summed E-state index contributed by atoms with van der Waals surface area (Å²) in [5.41, 5.74) is 1.41. The van der Waals surface area contributed by atoms with E-state index >= 15 is 0 Å². The van der Waals surface area contributed by atoms with Crippen LogP contribution in [0, 0.1) is 0 Å². The SMILES string of the molecule is O=C(Cn1c(=O)c2c(ncn2C2CCCC2)n(Cc2ccccc2)c1=O)NCc1cccc(Cl)c1. The molecule has 0 unspecified atom stereocenters. The predicted octanol–water partition coefficient (Wildman–Crippen LogP) is 3.49. The van der Waals surface area contributed by atoms with Crippen LogP contribution in [0.4, 0.5) is 0 Å². The van der Waals surface area contributed by atoms with Crippen molar-refractivity contribution in [3.63, 3.8) is 0 Å². The Morgan fingerprint density at radius 3 is 2.49 bits per heavy atom. The lowest BCUT2D eigenvalue weighted by Crippen LogP contribution is -2.44. The Morgan fingerprint density at radius 1 is 1.00 bits per heavy atom. The summed E-state index contributed by atoms with van der Waals surface area (Å²) in [7, 11) is 0. The summed E-state index contributed by atoms with van der Waals surface area (Å²) in [5, 5.41) is 3.35. The molecule has 1 N–H and O–H groups in total. The summed E-state index contributed by atoms with van der Waals surface area (Å²) in [6.45, 7) is 0.121. The van der Waals surface area contributed by atoms with E-state index in [1.807, 2.05) is 41.0 Å². The molecule has 35 heavy (non-hydrogen) atoms. The average molecular weight is 492 g/mol. The fraction of sp³-hybridized carbons (Fsp3) is 0.308. The van der Waals surface area contributed by atoms with Crippen LogP contribution in [-0.4, -0.2) is 24.6 Å². The zero-order valence-electron chi connectivity index (χ0n) is 19.2. The number of carbonyl (C=O) groups excluding carboxylic acids is 1. The highest BCUT2D eigenvalue weighted by Crippen LogP contribution is 2.31. The summed E-state index contributed by atoms with van der Waals surface area (Å²) in [6, 6.07) is 16.9. The molecular weight excluding hydrogens is 466 g/mol. The smallest absolute Gasteiger partial charge is 0.333 e. The molecule has 1 aliphatic carbocycles. The number of amides is 1. The van der Waals surface area contributed by atoms with E-state index in [2.05, 4.69) is 10.3 Å². The summed E-state index contributed by atoms with van der Waals surface area (Å²) in [4.78, 5) is 44.3. The van der Waals surface area contributed by atoms with E-state index in [0.717, 1.165) is 41.4 Å². The van der Waals surface area contributed by atoms with Crippen LogP contribution in [0.25, 0.3) is 11.2 Å². The van der Waals surface area contributed by atoms with E-state index in [1.54, 1.807) is 24.5 Å². The first-order chi connectivity index (χ1) is 17.0. The highest BCUT2D eigenvalue weighted by atomic mass is 35.5. The summed E-state index contributed by atoms with van der Waals surface area (Å²) >= 11 is 6.02. The van der Waals surface area contributed by atoms with Crippen molar-refractivity contribution < 1.29 is 4.79 Å². The molecule has 180 valence electrons. The lowest BCUT2D eigenvalue weighted by Gasteiger charge is -2.15. The van der Waals surface area contributed by atoms with Crippen LogP contribution < -0.4 is 16.6 Å². The number of nitrogens with zero attached hydrogens (tertiary/aromatic N) is 4. The minimum Gasteiger partial charge on any atom is -0.350 e. The van der Waals surface area contributed by atoms with Crippen molar-refractivity contribution in [2.45, 2.75) is 51.4 Å². The zero-order valence-corrected chi connectivity index (χ0v) is 19.9. The first-order valence-corrected chi connectivity index (χ1v) is 12.1. The standard InChI is InChI=1S/C26H26ClN5O3/c27-20-10-6-9-19(13-20)14-28-22(33)16-31-25(34)23-24(29-17-32(23)21-11-4-5-12-21)30(26(31)35)15-18-7-2-1-3-8-18/h1-3,6-10,13,17,21H,4-5,11-12,14-16H2,(H,28,33). The molecule has 0 bridgehead atoms. The molecule has 9 heteroatoms. The summed E-state index contributed by atoms with van der Waals surface area (Å²) in [5.74, 6) is -0.429. The van der Waals surface area contributed by atoms with Gasteiger partial charge in [0.25, 0.3) is 5.56 Å². The molecule has 8 nitrogen and oxygen atoms in total. The Balaban J connectivity index is 1.52. The second-order valence-electron chi connectivity index (χ2n) is 8.91. The van der Waals surface area contributed by atoms with Crippen molar-refractivity contribution in [2.24, 2.45) is 0 Å². The van der Waals surface area contributed by atoms with Crippen LogP contribution in [0.1, 0.15) is 42.9 Å². The van der Waals surface area contributed by atoms with Gasteiger partial charge in [-0.3, -0.25) is 14.2 Å². The number of carbonyl (C=O) groups is 1. The Morgan fingerprint density at radius 2 is 1.74 bits per heavy atom. The highest BCUT2D eigenvalue weighted by molar-refractivity contribution is 6.30. The number of hydrogen-bond donors (Lipinski definition) is 1. The first-order valence-electron chi connectivity index (χ1n) is 11.8. The Hall–Kier alpha value is -3.65. The van der Waals surface area contributed by atoms with Gasteiger partial charge >= 0.3 is 5.69 Å². The Bertz CT molecular complexity index is 1480. The molecule has 5 rings (SSSR count). The van der Waals surface area contributed by atoms with Crippen LogP contribution in [0.15, 0.2) is 70.5 Å². The number of aromatic nitrogens is 4. The predicted molar refractivity (Wildman–Crippen MR) is 135 cm³/mol. The Kier molecular flexibility index (Phi) is 6.55. The highest BCUT2D eigenvalue weighted by Gasteiger charge is 2.24. The van der Waals surface area contributed by atoms with Gasteiger partial charge in [-0.25, -0.2) is 14.3 Å². The maximum atomic E-state index is 13.5. The molecule has 1 amide bonds. The third kappa shape index (κ3) is 4.79. The minimum atomic E-state index is -0.555. The van der Waals surface area contributed by atoms with Crippen molar-refractivity contribution in [3.05, 3.63) is 97.9 Å². The molecule has 0 radical (unpaired) electrons. The molecule has 0 atom stereocenters. The number of nitrogens with one attached hydrogen (secondary N) is 1. The quantitative estimate of drug-likeness (QED) is 0.428. The average Bonchev–Trinajstić information content (AvgIpc) is 3.54. The van der Waals surface area contributed by atoms with Gasteiger partial charge in [-0.1, -0.05) is 66.9 Å². The normalized spacial score (nSPS) is 14.0. The van der Waals surface area contributed by atoms with E-state index in [-0.39, 0.29) is 25.7 Å². The van der Waals surface area contributed by atoms with Crippen molar-refractivity contribution in [3.8, 4) is 0 Å². The molecule has 0 saturated heterocycles. The molecule has 0 aliphatic heterocycles. The lowest BCUT2D eigenvalue weighted by atomic mass is 10.2. The second-order valence-corrected chi connectivity index (χ2v) is 9.35. The molecule has 1 saturated carbocycles. The topological polar surface area (TPSA) is 90.9 Å². The fourth-order valence-corrected chi connectivity index (χ4v) is 4.97. The van der Waals surface area contributed by atoms with Crippen molar-refractivity contribution in [2.75, 3.05) is 0 Å². The number of hydrogen-bond acceptors (Lipinski definition) is 4. The number of imidazole rings is 1. The maximum Gasteiger partial charge on any atom is 0.333 e. The van der Waals surface area contributed by atoms with Crippen molar-refractivity contribution >= 4 is 28.7 Å². The number of rotatable bonds is 7. The van der Waals surface area contributed by atoms with Crippen molar-refractivity contribution in [1.82, 2.24) is 24.0 Å². The maximum absolute atomic E-state index is 13.5. The van der Waals surface area contributed by atoms with Gasteiger partial charge in [0, 0.05) is 17.6 Å². The van der Waals surface area contributed by atoms with Crippen LogP contribution in [0.3, 0.4) is 0 Å². The van der Waals surface area contributed by atoms with Gasteiger partial charge in [0.05, 0.1) is 12.9 Å². The molecular formula is C26H26ClN5O3. The van der Waals surface area contributed by atoms with Gasteiger partial charge in [0.15, 0.2) is 11.2 Å².